The maximum absolute atomic E-state index is 13.6. The minimum absolute atomic E-state index is 0.647. The van der Waals surface area contributed by atoms with Crippen LogP contribution in [0.5, 0.6) is 0 Å². The third kappa shape index (κ3) is 3.37. The summed E-state index contributed by atoms with van der Waals surface area (Å²) in [6.07, 6.45) is -6.88. The summed E-state index contributed by atoms with van der Waals surface area (Å²) >= 11 is 0. The molecule has 98 valence electrons. The lowest BCUT2D eigenvalue weighted by Gasteiger charge is -2.39. The van der Waals surface area contributed by atoms with E-state index >= 15 is 0 Å². The molecule has 7 heteroatoms. The Morgan fingerprint density at radius 1 is 1.18 bits per heavy atom. The zero-order valence-corrected chi connectivity index (χ0v) is 9.75. The molecule has 0 aromatic rings. The van der Waals surface area contributed by atoms with Gasteiger partial charge in [0.15, 0.2) is 24.7 Å². The van der Waals surface area contributed by atoms with Gasteiger partial charge in [0.05, 0.1) is 6.10 Å². The van der Waals surface area contributed by atoms with Crippen LogP contribution in [0.1, 0.15) is 20.8 Å². The molecule has 0 spiro atoms. The van der Waals surface area contributed by atoms with E-state index in [4.69, 9.17) is 14.2 Å². The topological polar surface area (TPSA) is 82.1 Å². The van der Waals surface area contributed by atoms with Gasteiger partial charge < -0.3 is 19.3 Å². The molecule has 1 N–H and O–H groups in total. The Labute approximate surface area is 97.6 Å². The highest BCUT2D eigenvalue weighted by Crippen LogP contribution is 2.27. The van der Waals surface area contributed by atoms with E-state index in [9.17, 15) is 19.1 Å². The third-order valence-corrected chi connectivity index (χ3v) is 2.33. The molecule has 5 atom stereocenters. The smallest absolute Gasteiger partial charge is 0.303 e. The second kappa shape index (κ2) is 5.42. The van der Waals surface area contributed by atoms with Crippen molar-refractivity contribution in [2.75, 3.05) is 0 Å². The van der Waals surface area contributed by atoms with E-state index in [0.717, 1.165) is 13.8 Å². The van der Waals surface area contributed by atoms with Crippen molar-refractivity contribution in [1.29, 1.82) is 0 Å². The summed E-state index contributed by atoms with van der Waals surface area (Å²) in [4.78, 5) is 21.7. The Hall–Kier alpha value is -1.21. The highest BCUT2D eigenvalue weighted by atomic mass is 19.1. The molecule has 6 nitrogen and oxygen atoms in total. The first-order chi connectivity index (χ1) is 7.82. The van der Waals surface area contributed by atoms with Crippen molar-refractivity contribution in [2.45, 2.75) is 51.5 Å². The van der Waals surface area contributed by atoms with E-state index in [1.54, 1.807) is 0 Å². The van der Waals surface area contributed by atoms with Crippen LogP contribution in [0, 0.1) is 0 Å². The molecule has 17 heavy (non-hydrogen) atoms. The Balaban J connectivity index is 2.86. The van der Waals surface area contributed by atoms with Gasteiger partial charge in [-0.15, -0.1) is 0 Å². The number of halogens is 1. The van der Waals surface area contributed by atoms with Gasteiger partial charge in [-0.2, -0.15) is 0 Å². The zero-order chi connectivity index (χ0) is 13.2. The van der Waals surface area contributed by atoms with Crippen molar-refractivity contribution in [3.05, 3.63) is 0 Å². The maximum Gasteiger partial charge on any atom is 0.303 e. The van der Waals surface area contributed by atoms with Crippen LogP contribution in [-0.4, -0.2) is 47.8 Å². The number of alkyl halides is 1. The largest absolute Gasteiger partial charge is 0.456 e. The van der Waals surface area contributed by atoms with Crippen molar-refractivity contribution in [1.82, 2.24) is 0 Å². The lowest BCUT2D eigenvalue weighted by Crippen LogP contribution is -2.57. The Morgan fingerprint density at radius 3 is 2.12 bits per heavy atom. The maximum atomic E-state index is 13.6. The van der Waals surface area contributed by atoms with Crippen molar-refractivity contribution in [2.24, 2.45) is 0 Å². The van der Waals surface area contributed by atoms with E-state index < -0.39 is 42.7 Å². The summed E-state index contributed by atoms with van der Waals surface area (Å²) in [6, 6.07) is 0. The average Bonchev–Trinajstić information content (AvgIpc) is 2.19. The number of carbonyl (C=O) groups is 2. The minimum atomic E-state index is -1.96. The van der Waals surface area contributed by atoms with E-state index in [1.807, 2.05) is 0 Å². The number of aliphatic hydroxyl groups is 1. The second-order valence-corrected chi connectivity index (χ2v) is 3.82. The highest BCUT2D eigenvalue weighted by molar-refractivity contribution is 5.67. The number of ether oxygens (including phenoxy) is 3. The van der Waals surface area contributed by atoms with Crippen LogP contribution in [0.15, 0.2) is 0 Å². The van der Waals surface area contributed by atoms with E-state index in [1.165, 1.54) is 6.92 Å². The lowest BCUT2D eigenvalue weighted by molar-refractivity contribution is -0.269. The van der Waals surface area contributed by atoms with Gasteiger partial charge in [0.2, 0.25) is 0 Å². The molecule has 1 aliphatic rings. The fourth-order valence-electron chi connectivity index (χ4n) is 1.66. The van der Waals surface area contributed by atoms with Gasteiger partial charge in [-0.1, -0.05) is 0 Å². The molecule has 1 saturated heterocycles. The van der Waals surface area contributed by atoms with Crippen LogP contribution < -0.4 is 0 Å². The standard InChI is InChI=1S/C10H15FO6/c1-4-8(16-5(2)12)9(17-6(3)13)7(11)10(14)15-4/h4,7-10,14H,1-3H3/t4-,7+,8+,9-,10+/m0/s1. The van der Waals surface area contributed by atoms with Crippen LogP contribution in [0.2, 0.25) is 0 Å². The summed E-state index contributed by atoms with van der Waals surface area (Å²) in [7, 11) is 0. The fraction of sp³-hybridized carbons (Fsp3) is 0.800. The fourth-order valence-corrected chi connectivity index (χ4v) is 1.66. The second-order valence-electron chi connectivity index (χ2n) is 3.82. The summed E-state index contributed by atoms with van der Waals surface area (Å²) in [5.74, 6) is -1.37. The van der Waals surface area contributed by atoms with Gasteiger partial charge in [-0.3, -0.25) is 9.59 Å². The minimum Gasteiger partial charge on any atom is -0.456 e. The van der Waals surface area contributed by atoms with Gasteiger partial charge in [0.25, 0.3) is 0 Å². The average molecular weight is 250 g/mol. The summed E-state index contributed by atoms with van der Waals surface area (Å²) in [5.41, 5.74) is 0. The van der Waals surface area contributed by atoms with E-state index in [2.05, 4.69) is 0 Å². The molecule has 1 aliphatic heterocycles. The van der Waals surface area contributed by atoms with Crippen molar-refractivity contribution >= 4 is 11.9 Å². The molecular formula is C10H15FO6. The van der Waals surface area contributed by atoms with E-state index in [-0.39, 0.29) is 0 Å². The molecule has 0 saturated carbocycles. The quantitative estimate of drug-likeness (QED) is 0.690. The number of aliphatic hydroxyl groups excluding tert-OH is 1. The summed E-state index contributed by atoms with van der Waals surface area (Å²) < 4.78 is 28.0. The normalized spacial score (nSPS) is 37.4. The first-order valence-electron chi connectivity index (χ1n) is 5.15. The molecule has 1 heterocycles. The Bertz CT molecular complexity index is 307. The van der Waals surface area contributed by atoms with Crippen LogP contribution >= 0.6 is 0 Å². The predicted octanol–water partition coefficient (Wildman–Crippen LogP) is -0.0750. The van der Waals surface area contributed by atoms with Crippen molar-refractivity contribution < 1.29 is 33.3 Å². The molecule has 1 fully saturated rings. The van der Waals surface area contributed by atoms with Gasteiger partial charge in [-0.25, -0.2) is 4.39 Å². The number of hydrogen-bond donors (Lipinski definition) is 1. The molecule has 1 rings (SSSR count). The molecule has 0 radical (unpaired) electrons. The molecule has 0 bridgehead atoms. The molecule has 0 aromatic heterocycles. The lowest BCUT2D eigenvalue weighted by atomic mass is 10.0. The van der Waals surface area contributed by atoms with Crippen LogP contribution in [0.3, 0.4) is 0 Å². The molecule has 0 aliphatic carbocycles. The SMILES string of the molecule is CC(=O)O[C@H]1[C@@H](F)[C@H](O)O[C@@H](C)[C@H]1OC(C)=O. The summed E-state index contributed by atoms with van der Waals surface area (Å²) in [5, 5.41) is 9.25. The first-order valence-corrected chi connectivity index (χ1v) is 5.15. The Morgan fingerprint density at radius 2 is 1.65 bits per heavy atom. The molecule has 0 aromatic carbocycles. The summed E-state index contributed by atoms with van der Waals surface area (Å²) in [6.45, 7) is 3.74. The zero-order valence-electron chi connectivity index (χ0n) is 9.75. The van der Waals surface area contributed by atoms with Gasteiger partial charge in [0, 0.05) is 13.8 Å². The number of rotatable bonds is 2. The molecule has 0 amide bonds. The predicted molar refractivity (Wildman–Crippen MR) is 52.6 cm³/mol. The first kappa shape index (κ1) is 13.9. The van der Waals surface area contributed by atoms with Crippen molar-refractivity contribution in [3.63, 3.8) is 0 Å². The van der Waals surface area contributed by atoms with Crippen LogP contribution in [0.25, 0.3) is 0 Å². The number of carbonyl (C=O) groups excluding carboxylic acids is 2. The van der Waals surface area contributed by atoms with Crippen LogP contribution in [-0.2, 0) is 23.8 Å². The molecular weight excluding hydrogens is 235 g/mol. The van der Waals surface area contributed by atoms with Gasteiger partial charge in [0.1, 0.15) is 0 Å². The highest BCUT2D eigenvalue weighted by Gasteiger charge is 2.48. The van der Waals surface area contributed by atoms with Crippen molar-refractivity contribution in [3.8, 4) is 0 Å². The van der Waals surface area contributed by atoms with Gasteiger partial charge in [-0.05, 0) is 6.92 Å². The number of esters is 2. The van der Waals surface area contributed by atoms with E-state index in [0.29, 0.717) is 0 Å². The number of hydrogen-bond acceptors (Lipinski definition) is 6. The molecule has 0 unspecified atom stereocenters. The monoisotopic (exact) mass is 250 g/mol. The van der Waals surface area contributed by atoms with Gasteiger partial charge >= 0.3 is 11.9 Å². The third-order valence-electron chi connectivity index (χ3n) is 2.33. The van der Waals surface area contributed by atoms with Crippen LogP contribution in [0.4, 0.5) is 4.39 Å². The Kier molecular flexibility index (Phi) is 4.41.